The highest BCUT2D eigenvalue weighted by Crippen LogP contribution is 2.47. The summed E-state index contributed by atoms with van der Waals surface area (Å²) in [5.41, 5.74) is 4.20. The maximum Gasteiger partial charge on any atom is 0.264 e. The van der Waals surface area contributed by atoms with E-state index in [1.807, 2.05) is 31.2 Å². The molecule has 166 valence electrons. The summed E-state index contributed by atoms with van der Waals surface area (Å²) in [6.45, 7) is 2.26. The van der Waals surface area contributed by atoms with Crippen LogP contribution in [0.2, 0.25) is 0 Å². The zero-order chi connectivity index (χ0) is 23.2. The van der Waals surface area contributed by atoms with Crippen molar-refractivity contribution < 1.29 is 13.2 Å². The number of hydrogen-bond donors (Lipinski definition) is 1. The highest BCUT2D eigenvalue weighted by Gasteiger charge is 2.44. The minimum absolute atomic E-state index is 0.258. The van der Waals surface area contributed by atoms with Crippen LogP contribution in [-0.2, 0) is 21.9 Å². The molecule has 0 unspecified atom stereocenters. The van der Waals surface area contributed by atoms with Crippen molar-refractivity contribution in [3.05, 3.63) is 89.0 Å². The minimum Gasteiger partial charge on any atom is -0.322 e. The van der Waals surface area contributed by atoms with E-state index in [9.17, 15) is 18.5 Å². The summed E-state index contributed by atoms with van der Waals surface area (Å²) in [7, 11) is -3.65. The Morgan fingerprint density at radius 2 is 1.73 bits per heavy atom. The Morgan fingerprint density at radius 1 is 1.03 bits per heavy atom. The van der Waals surface area contributed by atoms with Crippen molar-refractivity contribution in [3.8, 4) is 6.07 Å². The Kier molecular flexibility index (Phi) is 4.98. The van der Waals surface area contributed by atoms with Gasteiger partial charge in [-0.2, -0.15) is 5.26 Å². The maximum absolute atomic E-state index is 13.1. The molecule has 7 heteroatoms. The number of benzene rings is 3. The zero-order valence-corrected chi connectivity index (χ0v) is 19.0. The third kappa shape index (κ3) is 3.77. The number of nitrogens with one attached hydrogen (secondary N) is 1. The quantitative estimate of drug-likeness (QED) is 0.608. The molecule has 33 heavy (non-hydrogen) atoms. The molecule has 1 aliphatic carbocycles. The van der Waals surface area contributed by atoms with Crippen molar-refractivity contribution >= 4 is 27.3 Å². The molecule has 3 aromatic rings. The predicted molar refractivity (Wildman–Crippen MR) is 127 cm³/mol. The molecule has 0 bridgehead atoms. The molecule has 0 radical (unpaired) electrons. The Labute approximate surface area is 193 Å². The summed E-state index contributed by atoms with van der Waals surface area (Å²) in [5, 5.41) is 12.2. The molecule has 1 heterocycles. The maximum atomic E-state index is 13.1. The van der Waals surface area contributed by atoms with Gasteiger partial charge in [0.15, 0.2) is 0 Å². The fourth-order valence-corrected chi connectivity index (χ4v) is 5.77. The monoisotopic (exact) mass is 457 g/mol. The Hall–Kier alpha value is -3.63. The van der Waals surface area contributed by atoms with Crippen LogP contribution in [0.25, 0.3) is 0 Å². The molecule has 0 aromatic heterocycles. The number of hydrogen-bond acceptors (Lipinski definition) is 4. The minimum atomic E-state index is -3.65. The Balaban J connectivity index is 1.33. The van der Waals surface area contributed by atoms with Crippen LogP contribution in [-0.4, -0.2) is 20.9 Å². The third-order valence-electron chi connectivity index (χ3n) is 6.46. The van der Waals surface area contributed by atoms with Gasteiger partial charge in [0.05, 0.1) is 22.1 Å². The lowest BCUT2D eigenvalue weighted by Gasteiger charge is -2.20. The van der Waals surface area contributed by atoms with Gasteiger partial charge in [-0.1, -0.05) is 29.8 Å². The number of rotatable bonds is 5. The summed E-state index contributed by atoms with van der Waals surface area (Å²) in [5.74, 6) is -0.258. The molecule has 1 amide bonds. The van der Waals surface area contributed by atoms with Crippen molar-refractivity contribution in [1.29, 1.82) is 5.26 Å². The lowest BCUT2D eigenvalue weighted by atomic mass is 9.97. The first-order valence-electron chi connectivity index (χ1n) is 10.9. The first-order valence-corrected chi connectivity index (χ1v) is 12.3. The second-order valence-electron chi connectivity index (χ2n) is 8.71. The molecule has 3 aromatic carbocycles. The fraction of sp³-hybridized carbons (Fsp3) is 0.231. The molecule has 1 aliphatic heterocycles. The summed E-state index contributed by atoms with van der Waals surface area (Å²) in [6, 6.07) is 21.7. The molecule has 0 spiro atoms. The summed E-state index contributed by atoms with van der Waals surface area (Å²) in [6.07, 6.45) is 2.30. The van der Waals surface area contributed by atoms with E-state index in [1.54, 1.807) is 42.5 Å². The van der Waals surface area contributed by atoms with Crippen molar-refractivity contribution in [2.45, 2.75) is 36.5 Å². The van der Waals surface area contributed by atoms with Crippen LogP contribution in [0, 0.1) is 18.3 Å². The molecule has 1 N–H and O–H groups in total. The van der Waals surface area contributed by atoms with Crippen LogP contribution in [0.1, 0.15) is 39.9 Å². The molecular weight excluding hydrogens is 434 g/mol. The van der Waals surface area contributed by atoms with Gasteiger partial charge in [-0.15, -0.1) is 0 Å². The summed E-state index contributed by atoms with van der Waals surface area (Å²) < 4.78 is 27.7. The molecule has 6 nitrogen and oxygen atoms in total. The number of fused-ring (bicyclic) bond motifs is 1. The van der Waals surface area contributed by atoms with Crippen LogP contribution in [0.15, 0.2) is 71.6 Å². The number of nitriles is 1. The molecule has 5 rings (SSSR count). The van der Waals surface area contributed by atoms with Gasteiger partial charge in [-0.05, 0) is 79.8 Å². The van der Waals surface area contributed by atoms with E-state index in [1.165, 1.54) is 4.31 Å². The smallest absolute Gasteiger partial charge is 0.264 e. The SMILES string of the molecule is Cc1ccc(S(=O)(=O)N2CCc3cc(C(=O)Nc4ccc(C5(C#N)CC5)cc4)ccc32)cc1. The first kappa shape index (κ1) is 21.2. The number of carbonyl (C=O) groups excluding carboxylic acids is 1. The zero-order valence-electron chi connectivity index (χ0n) is 18.2. The van der Waals surface area contributed by atoms with E-state index in [0.29, 0.717) is 29.9 Å². The van der Waals surface area contributed by atoms with Gasteiger partial charge in [-0.25, -0.2) is 8.42 Å². The van der Waals surface area contributed by atoms with Crippen LogP contribution in [0.3, 0.4) is 0 Å². The second kappa shape index (κ2) is 7.75. The fourth-order valence-electron chi connectivity index (χ4n) is 4.27. The lowest BCUT2D eigenvalue weighted by Crippen LogP contribution is -2.29. The summed E-state index contributed by atoms with van der Waals surface area (Å²) >= 11 is 0. The van der Waals surface area contributed by atoms with Gasteiger partial charge >= 0.3 is 0 Å². The number of anilines is 2. The molecular formula is C26H23N3O3S. The van der Waals surface area contributed by atoms with Crippen molar-refractivity contribution in [1.82, 2.24) is 0 Å². The Morgan fingerprint density at radius 3 is 2.36 bits per heavy atom. The summed E-state index contributed by atoms with van der Waals surface area (Å²) in [4.78, 5) is 13.1. The lowest BCUT2D eigenvalue weighted by molar-refractivity contribution is 0.102. The van der Waals surface area contributed by atoms with Crippen molar-refractivity contribution in [3.63, 3.8) is 0 Å². The van der Waals surface area contributed by atoms with E-state index >= 15 is 0 Å². The topological polar surface area (TPSA) is 90.3 Å². The normalized spacial score (nSPS) is 16.1. The van der Waals surface area contributed by atoms with Gasteiger partial charge in [0.2, 0.25) is 0 Å². The highest BCUT2D eigenvalue weighted by molar-refractivity contribution is 7.92. The molecule has 1 fully saturated rings. The second-order valence-corrected chi connectivity index (χ2v) is 10.6. The molecule has 2 aliphatic rings. The van der Waals surface area contributed by atoms with Crippen molar-refractivity contribution in [2.75, 3.05) is 16.2 Å². The van der Waals surface area contributed by atoms with E-state index in [2.05, 4.69) is 11.4 Å². The van der Waals surface area contributed by atoms with Gasteiger partial charge in [0.1, 0.15) is 0 Å². The van der Waals surface area contributed by atoms with Crippen LogP contribution >= 0.6 is 0 Å². The standard InChI is InChI=1S/C26H23N3O3S/c1-18-2-9-23(10-3-18)33(31,32)29-15-12-19-16-20(4-11-24(19)29)25(30)28-22-7-5-21(6-8-22)26(17-27)13-14-26/h2-11,16H,12-15H2,1H3,(H,28,30). The average Bonchev–Trinajstić information content (AvgIpc) is 3.50. The van der Waals surface area contributed by atoms with Crippen LogP contribution < -0.4 is 9.62 Å². The number of aryl methyl sites for hydroxylation is 1. The van der Waals surface area contributed by atoms with E-state index < -0.39 is 10.0 Å². The van der Waals surface area contributed by atoms with E-state index in [0.717, 1.165) is 29.5 Å². The Bertz CT molecular complexity index is 1380. The number of nitrogens with zero attached hydrogens (tertiary/aromatic N) is 2. The van der Waals surface area contributed by atoms with Gasteiger partial charge in [0, 0.05) is 17.8 Å². The van der Waals surface area contributed by atoms with Gasteiger partial charge in [-0.3, -0.25) is 9.10 Å². The number of carbonyl (C=O) groups is 1. The number of amides is 1. The average molecular weight is 458 g/mol. The molecule has 0 saturated heterocycles. The van der Waals surface area contributed by atoms with Crippen LogP contribution in [0.5, 0.6) is 0 Å². The molecule has 1 saturated carbocycles. The third-order valence-corrected chi connectivity index (χ3v) is 8.29. The van der Waals surface area contributed by atoms with Crippen molar-refractivity contribution in [2.24, 2.45) is 0 Å². The molecule has 0 atom stereocenters. The largest absolute Gasteiger partial charge is 0.322 e. The first-order chi connectivity index (χ1) is 15.8. The van der Waals surface area contributed by atoms with Gasteiger partial charge in [0.25, 0.3) is 15.9 Å². The highest BCUT2D eigenvalue weighted by atomic mass is 32.2. The number of sulfonamides is 1. The predicted octanol–water partition coefficient (Wildman–Crippen LogP) is 4.55. The van der Waals surface area contributed by atoms with Gasteiger partial charge < -0.3 is 5.32 Å². The van der Waals surface area contributed by atoms with Crippen LogP contribution in [0.4, 0.5) is 11.4 Å². The van der Waals surface area contributed by atoms with E-state index in [-0.39, 0.29) is 16.2 Å². The van der Waals surface area contributed by atoms with E-state index in [4.69, 9.17) is 0 Å².